The van der Waals surface area contributed by atoms with Crippen LogP contribution in [0.1, 0.15) is 5.56 Å². The smallest absolute Gasteiger partial charge is 0.322 e. The van der Waals surface area contributed by atoms with Crippen molar-refractivity contribution in [1.29, 1.82) is 0 Å². The lowest BCUT2D eigenvalue weighted by molar-refractivity contribution is -0.123. The quantitative estimate of drug-likeness (QED) is 0.553. The molecule has 17 heavy (non-hydrogen) atoms. The molecule has 1 saturated heterocycles. The zero-order chi connectivity index (χ0) is 12.0. The maximum Gasteiger partial charge on any atom is 0.322 e. The third-order valence-corrected chi connectivity index (χ3v) is 3.85. The van der Waals surface area contributed by atoms with E-state index in [1.54, 1.807) is 18.2 Å². The van der Waals surface area contributed by atoms with Crippen LogP contribution in [0.5, 0.6) is 5.75 Å². The Morgan fingerprint density at radius 3 is 2.94 bits per heavy atom. The minimum absolute atomic E-state index is 0.317. The summed E-state index contributed by atoms with van der Waals surface area (Å²) in [6.45, 7) is 0. The summed E-state index contributed by atoms with van der Waals surface area (Å²) in [4.78, 5) is 23.2. The van der Waals surface area contributed by atoms with E-state index >= 15 is 0 Å². The van der Waals surface area contributed by atoms with Crippen molar-refractivity contribution < 1.29 is 13.8 Å². The first-order valence-corrected chi connectivity index (χ1v) is 6.14. The van der Waals surface area contributed by atoms with Crippen LogP contribution in [-0.4, -0.2) is 17.7 Å². The number of nitrogens with one attached hydrogen (secondary N) is 2. The molecule has 1 spiro atoms. The van der Waals surface area contributed by atoms with Crippen molar-refractivity contribution >= 4 is 35.6 Å². The Morgan fingerprint density at radius 2 is 2.24 bits per heavy atom. The lowest BCUT2D eigenvalue weighted by Gasteiger charge is -2.31. The lowest BCUT2D eigenvalue weighted by Crippen LogP contribution is -2.48. The summed E-state index contributed by atoms with van der Waals surface area (Å²) in [7, 11) is 0. The van der Waals surface area contributed by atoms with E-state index in [9.17, 15) is 9.59 Å². The van der Waals surface area contributed by atoms with Gasteiger partial charge in [0.2, 0.25) is 0 Å². The average molecular weight is 271 g/mol. The first kappa shape index (κ1) is 10.7. The third kappa shape index (κ3) is 1.48. The van der Waals surface area contributed by atoms with Crippen LogP contribution in [0, 0.1) is 0 Å². The molecule has 3 rings (SSSR count). The molecule has 5 nitrogen and oxygen atoms in total. The summed E-state index contributed by atoms with van der Waals surface area (Å²) in [6, 6.07) is 4.50. The zero-order valence-corrected chi connectivity index (χ0v) is 10.0. The van der Waals surface area contributed by atoms with Crippen LogP contribution in [-0.2, 0) is 10.3 Å². The summed E-state index contributed by atoms with van der Waals surface area (Å²) < 4.78 is 5.38. The maximum absolute atomic E-state index is 11.9. The topological polar surface area (TPSA) is 67.4 Å². The highest BCUT2D eigenvalue weighted by Gasteiger charge is 2.51. The van der Waals surface area contributed by atoms with Crippen LogP contribution in [0.2, 0.25) is 5.02 Å². The van der Waals surface area contributed by atoms with E-state index in [1.807, 2.05) is 0 Å². The first-order valence-electron chi connectivity index (χ1n) is 4.85. The van der Waals surface area contributed by atoms with Crippen molar-refractivity contribution in [2.24, 2.45) is 0 Å². The fraction of sp³-hybridized carbons (Fsp3) is 0.200. The van der Waals surface area contributed by atoms with Crippen molar-refractivity contribution in [2.45, 2.75) is 5.54 Å². The second kappa shape index (κ2) is 3.54. The number of fused-ring (bicyclic) bond motifs is 2. The Balaban J connectivity index is 2.19. The molecule has 1 atom stereocenters. The van der Waals surface area contributed by atoms with Gasteiger partial charge in [0.15, 0.2) is 5.54 Å². The van der Waals surface area contributed by atoms with E-state index in [4.69, 9.17) is 15.8 Å². The fourth-order valence-corrected chi connectivity index (χ4v) is 2.99. The standard InChI is InChI=1S/C10H7ClN2O3S/c11-5-1-2-7-6(3-5)10(4-17-16-7)8(14)12-9(15)13-10/h1-3H,4H2,(H2,12,13,14,15). The molecular weight excluding hydrogens is 264 g/mol. The number of benzene rings is 1. The van der Waals surface area contributed by atoms with E-state index < -0.39 is 11.6 Å². The van der Waals surface area contributed by atoms with Crippen LogP contribution in [0.15, 0.2) is 18.2 Å². The van der Waals surface area contributed by atoms with E-state index in [0.717, 1.165) is 12.0 Å². The average Bonchev–Trinajstić information content (AvgIpc) is 2.56. The molecular formula is C10H7ClN2O3S. The second-order valence-electron chi connectivity index (χ2n) is 3.80. The Morgan fingerprint density at radius 1 is 1.41 bits per heavy atom. The van der Waals surface area contributed by atoms with Gasteiger partial charge in [0.25, 0.3) is 5.91 Å². The summed E-state index contributed by atoms with van der Waals surface area (Å²) in [5.74, 6) is 0.489. The molecule has 1 unspecified atom stereocenters. The van der Waals surface area contributed by atoms with Crippen molar-refractivity contribution in [3.8, 4) is 5.75 Å². The molecule has 0 bridgehead atoms. The summed E-state index contributed by atoms with van der Waals surface area (Å²) in [5.41, 5.74) is -0.479. The Bertz CT molecular complexity index is 536. The van der Waals surface area contributed by atoms with Gasteiger partial charge in [-0.2, -0.15) is 0 Å². The molecule has 0 aromatic heterocycles. The predicted octanol–water partition coefficient (Wildman–Crippen LogP) is 1.42. The van der Waals surface area contributed by atoms with Gasteiger partial charge in [-0.05, 0) is 18.2 Å². The predicted molar refractivity (Wildman–Crippen MR) is 62.9 cm³/mol. The molecule has 1 aromatic rings. The van der Waals surface area contributed by atoms with Gasteiger partial charge < -0.3 is 9.50 Å². The molecule has 1 fully saturated rings. The number of carbonyl (C=O) groups is 2. The number of rotatable bonds is 0. The van der Waals surface area contributed by atoms with E-state index in [0.29, 0.717) is 22.1 Å². The number of hydrogen-bond acceptors (Lipinski definition) is 4. The maximum atomic E-state index is 11.9. The Hall–Kier alpha value is -1.40. The second-order valence-corrected chi connectivity index (χ2v) is 4.93. The van der Waals surface area contributed by atoms with E-state index in [1.165, 1.54) is 0 Å². The lowest BCUT2D eigenvalue weighted by atomic mass is 9.91. The van der Waals surface area contributed by atoms with Gasteiger partial charge in [-0.25, -0.2) is 4.79 Å². The van der Waals surface area contributed by atoms with Gasteiger partial charge >= 0.3 is 6.03 Å². The highest BCUT2D eigenvalue weighted by molar-refractivity contribution is 7.95. The minimum Gasteiger partial charge on any atom is -0.425 e. The highest BCUT2D eigenvalue weighted by Crippen LogP contribution is 2.42. The Labute approximate surface area is 106 Å². The molecule has 0 aliphatic carbocycles. The van der Waals surface area contributed by atoms with Crippen LogP contribution in [0.25, 0.3) is 0 Å². The monoisotopic (exact) mass is 270 g/mol. The number of amides is 3. The van der Waals surface area contributed by atoms with Gasteiger partial charge in [0.1, 0.15) is 5.75 Å². The van der Waals surface area contributed by atoms with Gasteiger partial charge in [0.05, 0.1) is 17.8 Å². The highest BCUT2D eigenvalue weighted by atomic mass is 35.5. The zero-order valence-electron chi connectivity index (χ0n) is 8.45. The van der Waals surface area contributed by atoms with Crippen LogP contribution in [0.4, 0.5) is 4.79 Å². The van der Waals surface area contributed by atoms with E-state index in [-0.39, 0.29) is 5.91 Å². The van der Waals surface area contributed by atoms with Crippen LogP contribution < -0.4 is 14.8 Å². The van der Waals surface area contributed by atoms with Gasteiger partial charge in [-0.1, -0.05) is 11.6 Å². The summed E-state index contributed by atoms with van der Waals surface area (Å²) in [6.07, 6.45) is 0. The molecule has 2 heterocycles. The molecule has 88 valence electrons. The van der Waals surface area contributed by atoms with Crippen molar-refractivity contribution in [1.82, 2.24) is 10.6 Å². The molecule has 0 saturated carbocycles. The minimum atomic E-state index is -1.07. The number of imide groups is 1. The molecule has 2 aliphatic rings. The van der Waals surface area contributed by atoms with Crippen LogP contribution in [0.3, 0.4) is 0 Å². The van der Waals surface area contributed by atoms with Gasteiger partial charge in [0, 0.05) is 10.6 Å². The normalized spacial score (nSPS) is 26.2. The molecule has 2 N–H and O–H groups in total. The van der Waals surface area contributed by atoms with Gasteiger partial charge in [-0.3, -0.25) is 10.1 Å². The third-order valence-electron chi connectivity index (χ3n) is 2.77. The molecule has 3 amide bonds. The number of hydrogen-bond donors (Lipinski definition) is 2. The number of urea groups is 1. The van der Waals surface area contributed by atoms with Crippen molar-refractivity contribution in [3.05, 3.63) is 28.8 Å². The molecule has 0 radical (unpaired) electrons. The molecule has 7 heteroatoms. The Kier molecular flexibility index (Phi) is 2.24. The largest absolute Gasteiger partial charge is 0.425 e. The number of halogens is 1. The van der Waals surface area contributed by atoms with Gasteiger partial charge in [-0.15, -0.1) is 0 Å². The summed E-state index contributed by atoms with van der Waals surface area (Å²) >= 11 is 7.04. The fourth-order valence-electron chi connectivity index (χ4n) is 1.95. The molecule has 1 aromatic carbocycles. The SMILES string of the molecule is O=C1NC(=O)C2(CSOc3ccc(Cl)cc32)N1. The van der Waals surface area contributed by atoms with Crippen LogP contribution >= 0.6 is 23.6 Å². The van der Waals surface area contributed by atoms with E-state index in [2.05, 4.69) is 10.6 Å². The van der Waals surface area contributed by atoms with Crippen molar-refractivity contribution in [3.63, 3.8) is 0 Å². The summed E-state index contributed by atoms with van der Waals surface area (Å²) in [5, 5.41) is 5.37. The number of carbonyl (C=O) groups excluding carboxylic acids is 2. The molecule has 2 aliphatic heterocycles. The first-order chi connectivity index (χ1) is 8.12. The van der Waals surface area contributed by atoms with Crippen molar-refractivity contribution in [2.75, 3.05) is 5.75 Å².